The quantitative estimate of drug-likeness (QED) is 0.0328. The SMILES string of the molecule is CCCCCCC1CCC(C2CCC(c3ccc(Oc4ccc(N)cc4)cc3)(c3ccc(Oc4ccc(N)cc4)cc3)CC2)CC1.CCCCCCCC1CCC(C2CCC(c3ccc(Oc4ccc(N)cc4)cc3)(c3ccc(Oc4ccc(N)cc4)cc3)CC2)CC1. The summed E-state index contributed by atoms with van der Waals surface area (Å²) in [5.74, 6) is 12.0. The minimum Gasteiger partial charge on any atom is -0.457 e. The van der Waals surface area contributed by atoms with Crippen molar-refractivity contribution in [1.29, 1.82) is 0 Å². The van der Waals surface area contributed by atoms with Crippen molar-refractivity contribution in [3.63, 3.8) is 0 Å². The molecular formula is C85H106N4O4. The van der Waals surface area contributed by atoms with Crippen molar-refractivity contribution in [2.45, 2.75) is 198 Å². The average molecular weight is 1250 g/mol. The van der Waals surface area contributed by atoms with Gasteiger partial charge in [0, 0.05) is 33.6 Å². The van der Waals surface area contributed by atoms with Gasteiger partial charge < -0.3 is 41.9 Å². The van der Waals surface area contributed by atoms with Crippen LogP contribution in [0.5, 0.6) is 46.0 Å². The second kappa shape index (κ2) is 32.8. The first-order valence-electron chi connectivity index (χ1n) is 36.1. The lowest BCUT2D eigenvalue weighted by Crippen LogP contribution is -2.35. The highest BCUT2D eigenvalue weighted by molar-refractivity contribution is 5.50. The first kappa shape index (κ1) is 66.6. The van der Waals surface area contributed by atoms with E-state index in [1.807, 2.05) is 97.1 Å². The van der Waals surface area contributed by atoms with Crippen LogP contribution in [0.25, 0.3) is 0 Å². The monoisotopic (exact) mass is 1250 g/mol. The molecule has 0 heterocycles. The van der Waals surface area contributed by atoms with Crippen LogP contribution in [0.1, 0.15) is 209 Å². The van der Waals surface area contributed by atoms with Crippen molar-refractivity contribution in [2.24, 2.45) is 35.5 Å². The predicted octanol–water partition coefficient (Wildman–Crippen LogP) is 23.8. The van der Waals surface area contributed by atoms with Gasteiger partial charge in [-0.1, -0.05) is 159 Å². The fourth-order valence-electron chi connectivity index (χ4n) is 16.5. The Hall–Kier alpha value is -7.84. The molecule has 4 saturated carbocycles. The van der Waals surface area contributed by atoms with Gasteiger partial charge in [0.1, 0.15) is 46.0 Å². The number of nitrogen functional groups attached to an aromatic ring is 4. The molecule has 490 valence electrons. The van der Waals surface area contributed by atoms with Crippen LogP contribution in [0.2, 0.25) is 0 Å². The Balaban J connectivity index is 0.000000190. The zero-order valence-electron chi connectivity index (χ0n) is 56.0. The summed E-state index contributed by atoms with van der Waals surface area (Å²) in [5.41, 5.74) is 31.9. The number of ether oxygens (including phenoxy) is 4. The third-order valence-corrected chi connectivity index (χ3v) is 22.2. The van der Waals surface area contributed by atoms with Crippen LogP contribution in [0.15, 0.2) is 194 Å². The van der Waals surface area contributed by atoms with Gasteiger partial charge in [0.15, 0.2) is 0 Å². The fraction of sp³-hybridized carbons (Fsp3) is 0.435. The molecule has 4 fully saturated rings. The van der Waals surface area contributed by atoms with Gasteiger partial charge in [0.25, 0.3) is 0 Å². The van der Waals surface area contributed by atoms with Crippen molar-refractivity contribution in [3.05, 3.63) is 216 Å². The number of benzene rings is 8. The molecule has 4 aliphatic carbocycles. The van der Waals surface area contributed by atoms with E-state index < -0.39 is 0 Å². The Morgan fingerprint density at radius 1 is 0.258 bits per heavy atom. The summed E-state index contributed by atoms with van der Waals surface area (Å²) in [7, 11) is 0. The van der Waals surface area contributed by atoms with Gasteiger partial charge in [-0.25, -0.2) is 0 Å². The van der Waals surface area contributed by atoms with Crippen LogP contribution in [0.3, 0.4) is 0 Å². The van der Waals surface area contributed by atoms with Gasteiger partial charge >= 0.3 is 0 Å². The Bertz CT molecular complexity index is 3260. The maximum atomic E-state index is 6.16. The van der Waals surface area contributed by atoms with Crippen molar-refractivity contribution >= 4 is 22.7 Å². The Kier molecular flexibility index (Phi) is 23.5. The number of rotatable bonds is 25. The Morgan fingerprint density at radius 2 is 0.462 bits per heavy atom. The van der Waals surface area contributed by atoms with E-state index in [4.69, 9.17) is 41.9 Å². The molecule has 8 aromatic carbocycles. The standard InChI is InChI=1S/C43H54N2O2.C42H52N2O2/c1-2-3-4-5-6-7-32-8-10-33(11-9-32)34-28-30-43(31-29-34,35-12-20-39(21-13-35)46-41-24-16-37(44)17-25-41)36-14-22-40(23-15-36)47-42-26-18-38(45)19-27-42;1-2-3-4-5-6-31-7-9-32(10-8-31)33-27-29-42(30-28-33,34-11-19-38(20-12-34)45-40-23-15-36(43)16-24-40)35-13-21-39(22-14-35)46-41-25-17-37(44)18-26-41/h12-27,32-34H,2-11,28-31,44-45H2,1H3;11-26,31-33H,2-10,27-30,43-44H2,1H3. The maximum absolute atomic E-state index is 6.16. The minimum atomic E-state index is -0.0222. The number of unbranched alkanes of at least 4 members (excludes halogenated alkanes) is 7. The molecule has 4 aliphatic rings. The molecule has 8 aromatic rings. The summed E-state index contributed by atoms with van der Waals surface area (Å²) < 4.78 is 24.6. The molecule has 0 aromatic heterocycles. The van der Waals surface area contributed by atoms with Crippen LogP contribution in [0.4, 0.5) is 22.7 Å². The molecule has 8 heteroatoms. The minimum absolute atomic E-state index is 0.0214. The van der Waals surface area contributed by atoms with Gasteiger partial charge in [0.2, 0.25) is 0 Å². The first-order chi connectivity index (χ1) is 45.5. The third kappa shape index (κ3) is 18.1. The molecule has 0 atom stereocenters. The number of hydrogen-bond acceptors (Lipinski definition) is 8. The van der Waals surface area contributed by atoms with Gasteiger partial charge in [-0.3, -0.25) is 0 Å². The molecule has 0 spiro atoms. The second-order valence-corrected chi connectivity index (χ2v) is 28.2. The lowest BCUT2D eigenvalue weighted by Gasteiger charge is -2.44. The van der Waals surface area contributed by atoms with E-state index in [0.717, 1.165) is 104 Å². The van der Waals surface area contributed by atoms with Crippen molar-refractivity contribution in [3.8, 4) is 46.0 Å². The van der Waals surface area contributed by atoms with Gasteiger partial charge in [0.05, 0.1) is 0 Å². The predicted molar refractivity (Wildman–Crippen MR) is 388 cm³/mol. The highest BCUT2D eigenvalue weighted by Gasteiger charge is 2.43. The highest BCUT2D eigenvalue weighted by atomic mass is 16.5. The van der Waals surface area contributed by atoms with Crippen LogP contribution in [-0.2, 0) is 10.8 Å². The van der Waals surface area contributed by atoms with E-state index in [0.29, 0.717) is 0 Å². The van der Waals surface area contributed by atoms with E-state index in [1.54, 1.807) is 0 Å². The van der Waals surface area contributed by atoms with Crippen LogP contribution in [0, 0.1) is 35.5 Å². The molecule has 0 bridgehead atoms. The van der Waals surface area contributed by atoms with E-state index in [-0.39, 0.29) is 10.8 Å². The summed E-state index contributed by atoms with van der Waals surface area (Å²) >= 11 is 0. The molecule has 8 nitrogen and oxygen atoms in total. The summed E-state index contributed by atoms with van der Waals surface area (Å²) in [6.45, 7) is 4.62. The molecule has 12 rings (SSSR count). The van der Waals surface area contributed by atoms with Crippen LogP contribution in [-0.4, -0.2) is 0 Å². The molecule has 93 heavy (non-hydrogen) atoms. The molecule has 0 unspecified atom stereocenters. The molecule has 0 saturated heterocycles. The van der Waals surface area contributed by atoms with Crippen LogP contribution >= 0.6 is 0 Å². The lowest BCUT2D eigenvalue weighted by atomic mass is 9.60. The summed E-state index contributed by atoms with van der Waals surface area (Å²) in [4.78, 5) is 0. The number of anilines is 4. The van der Waals surface area contributed by atoms with Gasteiger partial charge in [-0.15, -0.1) is 0 Å². The van der Waals surface area contributed by atoms with E-state index in [1.165, 1.54) is 196 Å². The normalized spacial score (nSPS) is 19.8. The third-order valence-electron chi connectivity index (χ3n) is 22.2. The molecule has 0 amide bonds. The molecular weight excluding hydrogens is 1140 g/mol. The highest BCUT2D eigenvalue weighted by Crippen LogP contribution is 2.53. The van der Waals surface area contributed by atoms with E-state index in [9.17, 15) is 0 Å². The Labute approximate surface area is 557 Å². The second-order valence-electron chi connectivity index (χ2n) is 28.2. The maximum Gasteiger partial charge on any atom is 0.127 e. The number of hydrogen-bond donors (Lipinski definition) is 4. The van der Waals surface area contributed by atoms with Crippen LogP contribution < -0.4 is 41.9 Å². The molecule has 0 radical (unpaired) electrons. The van der Waals surface area contributed by atoms with Crippen molar-refractivity contribution < 1.29 is 18.9 Å². The lowest BCUT2D eigenvalue weighted by molar-refractivity contribution is 0.140. The van der Waals surface area contributed by atoms with Gasteiger partial charge in [-0.05, 0) is 280 Å². The largest absolute Gasteiger partial charge is 0.457 e. The summed E-state index contributed by atoms with van der Waals surface area (Å²) in [6, 6.07) is 65.6. The summed E-state index contributed by atoms with van der Waals surface area (Å²) in [5, 5.41) is 0. The number of nitrogens with two attached hydrogens (primary N) is 4. The topological polar surface area (TPSA) is 141 Å². The van der Waals surface area contributed by atoms with Crippen molar-refractivity contribution in [1.82, 2.24) is 0 Å². The average Bonchev–Trinajstić information content (AvgIpc) is 0.842. The molecule has 0 aliphatic heterocycles. The van der Waals surface area contributed by atoms with E-state index >= 15 is 0 Å². The zero-order valence-corrected chi connectivity index (χ0v) is 56.0. The van der Waals surface area contributed by atoms with Crippen molar-refractivity contribution in [2.75, 3.05) is 22.9 Å². The smallest absolute Gasteiger partial charge is 0.127 e. The first-order valence-corrected chi connectivity index (χ1v) is 36.1. The summed E-state index contributed by atoms with van der Waals surface area (Å²) in [6.07, 6.45) is 36.9. The fourth-order valence-corrected chi connectivity index (χ4v) is 16.5. The van der Waals surface area contributed by atoms with Gasteiger partial charge in [-0.2, -0.15) is 0 Å². The Morgan fingerprint density at radius 3 is 0.699 bits per heavy atom. The zero-order chi connectivity index (χ0) is 64.2. The molecule has 8 N–H and O–H groups in total. The van der Waals surface area contributed by atoms with E-state index in [2.05, 4.69) is 111 Å².